The quantitative estimate of drug-likeness (QED) is 0.639. The van der Waals surface area contributed by atoms with Crippen molar-refractivity contribution in [1.82, 2.24) is 0 Å². The topological polar surface area (TPSA) is 0 Å². The maximum atomic E-state index is 2.32. The predicted octanol–water partition coefficient (Wildman–Crippen LogP) is 3.99. The first-order valence-corrected chi connectivity index (χ1v) is 5.16. The van der Waals surface area contributed by atoms with Crippen LogP contribution in [0.4, 0.5) is 0 Å². The molecule has 72 valence electrons. The second-order valence-corrected chi connectivity index (χ2v) is 4.16. The van der Waals surface area contributed by atoms with Gasteiger partial charge in [0.1, 0.15) is 0 Å². The van der Waals surface area contributed by atoms with Gasteiger partial charge in [-0.2, -0.15) is 0 Å². The molecule has 1 aromatic carbocycles. The average molecular weight is 176 g/mol. The van der Waals surface area contributed by atoms with Crippen molar-refractivity contribution in [1.29, 1.82) is 0 Å². The molecule has 1 aromatic rings. The van der Waals surface area contributed by atoms with Crippen LogP contribution in [-0.4, -0.2) is 0 Å². The molecule has 0 radical (unpaired) electrons. The highest BCUT2D eigenvalue weighted by atomic mass is 14.1. The van der Waals surface area contributed by atoms with E-state index in [0.717, 1.165) is 6.42 Å². The molecule has 0 N–H and O–H groups in total. The molecule has 0 aromatic heterocycles. The van der Waals surface area contributed by atoms with E-state index in [-0.39, 0.29) is 0 Å². The molecule has 0 spiro atoms. The molecular weight excluding hydrogens is 156 g/mol. The number of benzene rings is 1. The lowest BCUT2D eigenvalue weighted by Crippen LogP contribution is -1.99. The Morgan fingerprint density at radius 1 is 1.15 bits per heavy atom. The molecule has 0 heterocycles. The van der Waals surface area contributed by atoms with E-state index in [4.69, 9.17) is 0 Å². The lowest BCUT2D eigenvalue weighted by atomic mass is 9.90. The molecule has 0 aliphatic carbocycles. The number of aryl methyl sites for hydroxylation is 3. The summed E-state index contributed by atoms with van der Waals surface area (Å²) in [5.74, 6) is 0.649. The molecule has 0 saturated carbocycles. The van der Waals surface area contributed by atoms with Crippen molar-refractivity contribution in [3.05, 3.63) is 34.4 Å². The first-order chi connectivity index (χ1) is 6.06. The van der Waals surface area contributed by atoms with Gasteiger partial charge in [0, 0.05) is 0 Å². The number of rotatable bonds is 2. The Balaban J connectivity index is 3.30. The lowest BCUT2D eigenvalue weighted by Gasteiger charge is -2.16. The maximum Gasteiger partial charge on any atom is -0.0213 e. The Bertz CT molecular complexity index is 295. The van der Waals surface area contributed by atoms with E-state index >= 15 is 0 Å². The fraction of sp³-hybridized carbons (Fsp3) is 0.538. The molecule has 0 amide bonds. The summed E-state index contributed by atoms with van der Waals surface area (Å²) < 4.78 is 0. The van der Waals surface area contributed by atoms with E-state index < -0.39 is 0 Å². The van der Waals surface area contributed by atoms with E-state index in [9.17, 15) is 0 Å². The fourth-order valence-corrected chi connectivity index (χ4v) is 2.19. The van der Waals surface area contributed by atoms with Gasteiger partial charge in [0.15, 0.2) is 0 Å². The summed E-state index contributed by atoms with van der Waals surface area (Å²) in [4.78, 5) is 0. The Morgan fingerprint density at radius 3 is 2.23 bits per heavy atom. The number of hydrogen-bond acceptors (Lipinski definition) is 0. The van der Waals surface area contributed by atoms with Crippen LogP contribution in [0.3, 0.4) is 0 Å². The largest absolute Gasteiger partial charge is 0.0613 e. The Kier molecular flexibility index (Phi) is 3.13. The molecule has 0 fully saturated rings. The van der Waals surface area contributed by atoms with Gasteiger partial charge in [0.05, 0.1) is 0 Å². The smallest absolute Gasteiger partial charge is 0.0213 e. The average Bonchev–Trinajstić information content (AvgIpc) is 2.01. The minimum atomic E-state index is 0.649. The summed E-state index contributed by atoms with van der Waals surface area (Å²) in [7, 11) is 0. The van der Waals surface area contributed by atoms with Gasteiger partial charge in [0.25, 0.3) is 0 Å². The molecule has 0 aliphatic heterocycles. The molecule has 0 nitrogen and oxygen atoms in total. The van der Waals surface area contributed by atoms with Crippen LogP contribution in [0.25, 0.3) is 0 Å². The van der Waals surface area contributed by atoms with Crippen molar-refractivity contribution < 1.29 is 0 Å². The number of hydrogen-bond donors (Lipinski definition) is 0. The zero-order valence-corrected chi connectivity index (χ0v) is 9.44. The predicted molar refractivity (Wildman–Crippen MR) is 59.4 cm³/mol. The van der Waals surface area contributed by atoms with Crippen molar-refractivity contribution in [2.45, 2.75) is 47.0 Å². The van der Waals surface area contributed by atoms with Gasteiger partial charge < -0.3 is 0 Å². The van der Waals surface area contributed by atoms with Gasteiger partial charge in [-0.1, -0.05) is 38.5 Å². The first kappa shape index (κ1) is 10.3. The highest BCUT2D eigenvalue weighted by Crippen LogP contribution is 2.25. The molecular formula is C13H20. The summed E-state index contributed by atoms with van der Waals surface area (Å²) in [6.45, 7) is 11.2. The van der Waals surface area contributed by atoms with Crippen molar-refractivity contribution in [2.24, 2.45) is 0 Å². The molecule has 0 heteroatoms. The molecule has 1 rings (SSSR count). The Morgan fingerprint density at radius 2 is 1.77 bits per heavy atom. The Labute approximate surface area is 82.0 Å². The summed E-state index contributed by atoms with van der Waals surface area (Å²) in [5.41, 5.74) is 5.91. The molecule has 0 unspecified atom stereocenters. The van der Waals surface area contributed by atoms with Gasteiger partial charge >= 0.3 is 0 Å². The van der Waals surface area contributed by atoms with E-state index in [1.807, 2.05) is 0 Å². The SMILES string of the molecule is CCc1cc(C)cc(C)c1C(C)C. The van der Waals surface area contributed by atoms with E-state index in [1.165, 1.54) is 16.7 Å². The van der Waals surface area contributed by atoms with Crippen molar-refractivity contribution in [3.63, 3.8) is 0 Å². The normalized spacial score (nSPS) is 10.9. The van der Waals surface area contributed by atoms with Crippen molar-refractivity contribution >= 4 is 0 Å². The third kappa shape index (κ3) is 2.12. The second kappa shape index (κ2) is 3.95. The molecule has 13 heavy (non-hydrogen) atoms. The highest BCUT2D eigenvalue weighted by Gasteiger charge is 2.08. The van der Waals surface area contributed by atoms with E-state index in [2.05, 4.69) is 46.8 Å². The zero-order valence-electron chi connectivity index (χ0n) is 9.44. The third-order valence-electron chi connectivity index (χ3n) is 2.58. The highest BCUT2D eigenvalue weighted by molar-refractivity contribution is 5.40. The zero-order chi connectivity index (χ0) is 10.0. The fourth-order valence-electron chi connectivity index (χ4n) is 2.19. The molecule has 0 saturated heterocycles. The standard InChI is InChI=1S/C13H20/c1-6-12-8-10(4)7-11(5)13(12)9(2)3/h7-9H,6H2,1-5H3. The van der Waals surface area contributed by atoms with Crippen LogP contribution in [0.15, 0.2) is 12.1 Å². The van der Waals surface area contributed by atoms with Crippen LogP contribution >= 0.6 is 0 Å². The van der Waals surface area contributed by atoms with Crippen molar-refractivity contribution in [3.8, 4) is 0 Å². The third-order valence-corrected chi connectivity index (χ3v) is 2.58. The van der Waals surface area contributed by atoms with Crippen LogP contribution in [0, 0.1) is 13.8 Å². The second-order valence-electron chi connectivity index (χ2n) is 4.16. The molecule has 0 aliphatic rings. The Hall–Kier alpha value is -0.780. The van der Waals surface area contributed by atoms with Crippen LogP contribution in [-0.2, 0) is 6.42 Å². The van der Waals surface area contributed by atoms with Crippen LogP contribution < -0.4 is 0 Å². The minimum absolute atomic E-state index is 0.649. The summed E-state index contributed by atoms with van der Waals surface area (Å²) in [6.07, 6.45) is 1.15. The van der Waals surface area contributed by atoms with Gasteiger partial charge in [-0.3, -0.25) is 0 Å². The summed E-state index contributed by atoms with van der Waals surface area (Å²) in [5, 5.41) is 0. The molecule has 0 bridgehead atoms. The lowest BCUT2D eigenvalue weighted by molar-refractivity contribution is 0.832. The monoisotopic (exact) mass is 176 g/mol. The van der Waals surface area contributed by atoms with Crippen LogP contribution in [0.5, 0.6) is 0 Å². The summed E-state index contributed by atoms with van der Waals surface area (Å²) >= 11 is 0. The van der Waals surface area contributed by atoms with E-state index in [1.54, 1.807) is 5.56 Å². The van der Waals surface area contributed by atoms with Crippen LogP contribution in [0.2, 0.25) is 0 Å². The molecule has 0 atom stereocenters. The first-order valence-electron chi connectivity index (χ1n) is 5.16. The minimum Gasteiger partial charge on any atom is -0.0613 e. The van der Waals surface area contributed by atoms with Gasteiger partial charge in [-0.15, -0.1) is 0 Å². The van der Waals surface area contributed by atoms with Gasteiger partial charge in [-0.05, 0) is 42.9 Å². The van der Waals surface area contributed by atoms with Gasteiger partial charge in [0.2, 0.25) is 0 Å². The maximum absolute atomic E-state index is 2.32. The van der Waals surface area contributed by atoms with Crippen molar-refractivity contribution in [2.75, 3.05) is 0 Å². The van der Waals surface area contributed by atoms with Crippen LogP contribution in [0.1, 0.15) is 48.9 Å². The summed E-state index contributed by atoms with van der Waals surface area (Å²) in [6, 6.07) is 4.61. The van der Waals surface area contributed by atoms with E-state index in [0.29, 0.717) is 5.92 Å². The van der Waals surface area contributed by atoms with Gasteiger partial charge in [-0.25, -0.2) is 0 Å².